The molecule has 3 aromatic rings. The van der Waals surface area contributed by atoms with E-state index in [1.54, 1.807) is 0 Å². The lowest BCUT2D eigenvalue weighted by molar-refractivity contribution is -0.138. The number of hydrogen-bond acceptors (Lipinski definition) is 2. The van der Waals surface area contributed by atoms with Crippen molar-refractivity contribution in [3.05, 3.63) is 65.7 Å². The molecule has 1 amide bonds. The van der Waals surface area contributed by atoms with Gasteiger partial charge in [0.15, 0.2) is 0 Å². The molecule has 0 aromatic heterocycles. The maximum absolute atomic E-state index is 12.4. The summed E-state index contributed by atoms with van der Waals surface area (Å²) in [5.74, 6) is 1.18. The topological polar surface area (TPSA) is 23.6 Å². The van der Waals surface area contributed by atoms with E-state index < -0.39 is 0 Å². The van der Waals surface area contributed by atoms with Crippen LogP contribution >= 0.6 is 0 Å². The van der Waals surface area contributed by atoms with E-state index in [0.717, 1.165) is 31.7 Å². The van der Waals surface area contributed by atoms with E-state index in [1.807, 2.05) is 11.9 Å². The van der Waals surface area contributed by atoms with Crippen molar-refractivity contribution in [3.63, 3.8) is 0 Å². The van der Waals surface area contributed by atoms with Crippen molar-refractivity contribution in [3.8, 4) is 11.1 Å². The molecule has 1 heterocycles. The molecule has 182 valence electrons. The van der Waals surface area contributed by atoms with E-state index in [-0.39, 0.29) is 5.41 Å². The number of carbonyl (C=O) groups excluding carboxylic acids is 1. The standard InChI is InChI=1S/C32H38N2O/c1-4-19-34(21-22-9-10-22)29-15-13-25(26-7-5-6-8-27(26)29)23-11-14-28-24(20-23)12-16-30-32(28,2)18-17-31(35)33(30)3/h5-8,11,13-15,20,22,30H,4,9-10,12,16-19,21H2,1-3H3/t30-,32-/m1/s1. The molecule has 2 aliphatic carbocycles. The Labute approximate surface area is 210 Å². The summed E-state index contributed by atoms with van der Waals surface area (Å²) in [5, 5.41) is 2.72. The Morgan fingerprint density at radius 2 is 1.80 bits per heavy atom. The zero-order valence-electron chi connectivity index (χ0n) is 21.5. The van der Waals surface area contributed by atoms with Crippen molar-refractivity contribution in [2.45, 2.75) is 70.3 Å². The molecule has 6 rings (SSSR count). The van der Waals surface area contributed by atoms with Gasteiger partial charge in [-0.25, -0.2) is 0 Å². The molecule has 3 aliphatic rings. The zero-order chi connectivity index (χ0) is 24.2. The van der Waals surface area contributed by atoms with Crippen LogP contribution in [0.2, 0.25) is 0 Å². The fourth-order valence-electron chi connectivity index (χ4n) is 6.96. The SMILES string of the molecule is CCCN(CC1CC1)c1ccc(-c2ccc3c(c2)CC[C@H]2N(C)C(=O)CC[C@]32C)c2ccccc12. The summed E-state index contributed by atoms with van der Waals surface area (Å²) < 4.78 is 0. The summed E-state index contributed by atoms with van der Waals surface area (Å²) in [6.07, 6.45) is 7.66. The van der Waals surface area contributed by atoms with Crippen LogP contribution in [0.1, 0.15) is 63.5 Å². The van der Waals surface area contributed by atoms with Gasteiger partial charge in [-0.05, 0) is 78.1 Å². The van der Waals surface area contributed by atoms with Crippen LogP contribution in [0.5, 0.6) is 0 Å². The number of fused-ring (bicyclic) bond motifs is 4. The molecule has 0 N–H and O–H groups in total. The number of likely N-dealkylation sites (tertiary alicyclic amines) is 1. The summed E-state index contributed by atoms with van der Waals surface area (Å²) in [5.41, 5.74) is 7.02. The minimum absolute atomic E-state index is 0.0597. The maximum atomic E-state index is 12.4. The third-order valence-electron chi connectivity index (χ3n) is 9.08. The second-order valence-electron chi connectivity index (χ2n) is 11.4. The Bertz CT molecular complexity index is 1280. The molecule has 1 aliphatic heterocycles. The third kappa shape index (κ3) is 3.84. The van der Waals surface area contributed by atoms with Gasteiger partial charge < -0.3 is 9.80 Å². The van der Waals surface area contributed by atoms with Gasteiger partial charge in [0.25, 0.3) is 0 Å². The lowest BCUT2D eigenvalue weighted by Gasteiger charge is -2.50. The minimum atomic E-state index is 0.0597. The maximum Gasteiger partial charge on any atom is 0.222 e. The van der Waals surface area contributed by atoms with Crippen LogP contribution in [0.3, 0.4) is 0 Å². The second-order valence-corrected chi connectivity index (χ2v) is 11.4. The number of likely N-dealkylation sites (N-methyl/N-ethyl adjacent to an activating group) is 1. The van der Waals surface area contributed by atoms with Crippen LogP contribution in [-0.2, 0) is 16.6 Å². The highest BCUT2D eigenvalue weighted by atomic mass is 16.2. The number of aryl methyl sites for hydroxylation is 1. The zero-order valence-corrected chi connectivity index (χ0v) is 21.5. The molecule has 1 saturated carbocycles. The summed E-state index contributed by atoms with van der Waals surface area (Å²) in [7, 11) is 2.00. The van der Waals surface area contributed by atoms with Crippen LogP contribution < -0.4 is 4.90 Å². The third-order valence-corrected chi connectivity index (χ3v) is 9.08. The predicted molar refractivity (Wildman–Crippen MR) is 146 cm³/mol. The molecular weight excluding hydrogens is 428 g/mol. The van der Waals surface area contributed by atoms with Crippen molar-refractivity contribution in [1.82, 2.24) is 4.90 Å². The first-order valence-corrected chi connectivity index (χ1v) is 13.7. The van der Waals surface area contributed by atoms with Crippen LogP contribution in [0.25, 0.3) is 21.9 Å². The quantitative estimate of drug-likeness (QED) is 0.392. The number of benzene rings is 3. The fourth-order valence-corrected chi connectivity index (χ4v) is 6.96. The second kappa shape index (κ2) is 8.69. The van der Waals surface area contributed by atoms with Crippen molar-refractivity contribution >= 4 is 22.4 Å². The smallest absolute Gasteiger partial charge is 0.222 e. The average Bonchev–Trinajstić information content (AvgIpc) is 3.69. The molecule has 3 heteroatoms. The van der Waals surface area contributed by atoms with Gasteiger partial charge in [0, 0.05) is 49.1 Å². The molecular formula is C32H38N2O. The highest BCUT2D eigenvalue weighted by Crippen LogP contribution is 2.47. The van der Waals surface area contributed by atoms with Gasteiger partial charge in [0.2, 0.25) is 5.91 Å². The van der Waals surface area contributed by atoms with Gasteiger partial charge in [-0.2, -0.15) is 0 Å². The number of anilines is 1. The Morgan fingerprint density at radius 1 is 1.00 bits per heavy atom. The Kier molecular flexibility index (Phi) is 5.62. The predicted octanol–water partition coefficient (Wildman–Crippen LogP) is 6.96. The van der Waals surface area contributed by atoms with Crippen LogP contribution in [0.15, 0.2) is 54.6 Å². The number of hydrogen-bond donors (Lipinski definition) is 0. The van der Waals surface area contributed by atoms with Crippen LogP contribution in [0.4, 0.5) is 5.69 Å². The molecule has 2 fully saturated rings. The Balaban J connectivity index is 1.40. The lowest BCUT2D eigenvalue weighted by atomic mass is 9.63. The van der Waals surface area contributed by atoms with Gasteiger partial charge >= 0.3 is 0 Å². The lowest BCUT2D eigenvalue weighted by Crippen LogP contribution is -2.56. The van der Waals surface area contributed by atoms with E-state index in [9.17, 15) is 4.79 Å². The van der Waals surface area contributed by atoms with Crippen molar-refractivity contribution in [2.24, 2.45) is 5.92 Å². The average molecular weight is 467 g/mol. The fraction of sp³-hybridized carbons (Fsp3) is 0.469. The Morgan fingerprint density at radius 3 is 2.57 bits per heavy atom. The van der Waals surface area contributed by atoms with Crippen LogP contribution in [-0.4, -0.2) is 37.0 Å². The van der Waals surface area contributed by atoms with Crippen molar-refractivity contribution < 1.29 is 4.79 Å². The van der Waals surface area contributed by atoms with Gasteiger partial charge in [-0.15, -0.1) is 0 Å². The van der Waals surface area contributed by atoms with E-state index in [1.165, 1.54) is 64.5 Å². The van der Waals surface area contributed by atoms with Gasteiger partial charge in [0.05, 0.1) is 0 Å². The number of nitrogens with zero attached hydrogens (tertiary/aromatic N) is 2. The molecule has 0 unspecified atom stereocenters. The van der Waals surface area contributed by atoms with E-state index in [4.69, 9.17) is 0 Å². The molecule has 3 nitrogen and oxygen atoms in total. The number of piperidine rings is 1. The largest absolute Gasteiger partial charge is 0.371 e. The number of rotatable bonds is 6. The van der Waals surface area contributed by atoms with Gasteiger partial charge in [-0.1, -0.05) is 62.4 Å². The highest BCUT2D eigenvalue weighted by Gasteiger charge is 2.46. The minimum Gasteiger partial charge on any atom is -0.371 e. The monoisotopic (exact) mass is 466 g/mol. The number of carbonyl (C=O) groups is 1. The molecule has 3 aromatic carbocycles. The summed E-state index contributed by atoms with van der Waals surface area (Å²) in [6, 6.07) is 21.2. The first-order valence-electron chi connectivity index (χ1n) is 13.7. The highest BCUT2D eigenvalue weighted by molar-refractivity contribution is 6.03. The van der Waals surface area contributed by atoms with E-state index >= 15 is 0 Å². The van der Waals surface area contributed by atoms with E-state index in [2.05, 4.69) is 73.3 Å². The van der Waals surface area contributed by atoms with Crippen molar-refractivity contribution in [2.75, 3.05) is 25.0 Å². The summed E-state index contributed by atoms with van der Waals surface area (Å²) in [4.78, 5) is 17.0. The molecule has 0 spiro atoms. The molecule has 0 radical (unpaired) electrons. The summed E-state index contributed by atoms with van der Waals surface area (Å²) in [6.45, 7) is 6.97. The molecule has 35 heavy (non-hydrogen) atoms. The van der Waals surface area contributed by atoms with Crippen LogP contribution in [0, 0.1) is 5.92 Å². The normalized spacial score (nSPS) is 23.8. The van der Waals surface area contributed by atoms with Crippen molar-refractivity contribution in [1.29, 1.82) is 0 Å². The molecule has 2 atom stereocenters. The Hall–Kier alpha value is -2.81. The van der Waals surface area contributed by atoms with Gasteiger partial charge in [0.1, 0.15) is 0 Å². The molecule has 1 saturated heterocycles. The number of amides is 1. The first-order chi connectivity index (χ1) is 17.0. The molecule has 0 bridgehead atoms. The van der Waals surface area contributed by atoms with Gasteiger partial charge in [-0.3, -0.25) is 4.79 Å². The first kappa shape index (κ1) is 22.6. The van der Waals surface area contributed by atoms with E-state index in [0.29, 0.717) is 18.4 Å². The summed E-state index contributed by atoms with van der Waals surface area (Å²) >= 11 is 0.